The number of carbonyl (C=O) groups excluding carboxylic acids is 1. The van der Waals surface area contributed by atoms with Crippen LogP contribution in [0.1, 0.15) is 37.4 Å². The van der Waals surface area contributed by atoms with E-state index in [9.17, 15) is 9.90 Å². The van der Waals surface area contributed by atoms with Crippen LogP contribution in [-0.4, -0.2) is 43.9 Å². The highest BCUT2D eigenvalue weighted by Gasteiger charge is 2.23. The molecule has 0 radical (unpaired) electrons. The molecule has 1 aromatic carbocycles. The minimum absolute atomic E-state index is 0.0893. The molecule has 1 aliphatic heterocycles. The summed E-state index contributed by atoms with van der Waals surface area (Å²) < 4.78 is 5.36. The van der Waals surface area contributed by atoms with Gasteiger partial charge in [-0.05, 0) is 30.5 Å². The number of nitrogens with one attached hydrogen (secondary N) is 1. The highest BCUT2D eigenvalue weighted by molar-refractivity contribution is 5.78. The number of ether oxygens (including phenoxy) is 1. The first-order chi connectivity index (χ1) is 11.2. The summed E-state index contributed by atoms with van der Waals surface area (Å²) in [6, 6.07) is 7.94. The van der Waals surface area contributed by atoms with Crippen LogP contribution in [0.15, 0.2) is 24.3 Å². The van der Waals surface area contributed by atoms with Crippen molar-refractivity contribution in [3.8, 4) is 0 Å². The van der Waals surface area contributed by atoms with E-state index in [2.05, 4.69) is 10.2 Å². The fourth-order valence-electron chi connectivity index (χ4n) is 3.38. The van der Waals surface area contributed by atoms with Gasteiger partial charge in [0.2, 0.25) is 5.91 Å². The van der Waals surface area contributed by atoms with Crippen LogP contribution < -0.4 is 10.2 Å². The fraction of sp³-hybridized carbons (Fsp3) is 0.611. The van der Waals surface area contributed by atoms with Crippen molar-refractivity contribution >= 4 is 11.6 Å². The van der Waals surface area contributed by atoms with Gasteiger partial charge in [-0.25, -0.2) is 0 Å². The summed E-state index contributed by atoms with van der Waals surface area (Å²) in [5, 5.41) is 13.2. The first-order valence-corrected chi connectivity index (χ1v) is 8.62. The molecule has 1 amide bonds. The third-order valence-corrected chi connectivity index (χ3v) is 4.85. The van der Waals surface area contributed by atoms with E-state index in [0.29, 0.717) is 0 Å². The number of rotatable bonds is 5. The van der Waals surface area contributed by atoms with Crippen LogP contribution in [-0.2, 0) is 9.53 Å². The second-order valence-corrected chi connectivity index (χ2v) is 6.43. The molecule has 1 atom stereocenters. The summed E-state index contributed by atoms with van der Waals surface area (Å²) in [6.07, 6.45) is 3.60. The van der Waals surface area contributed by atoms with E-state index in [1.807, 2.05) is 24.3 Å². The molecule has 2 N–H and O–H groups in total. The van der Waals surface area contributed by atoms with E-state index in [1.165, 1.54) is 0 Å². The van der Waals surface area contributed by atoms with Crippen LogP contribution in [0.5, 0.6) is 0 Å². The van der Waals surface area contributed by atoms with Crippen molar-refractivity contribution in [2.75, 3.05) is 37.7 Å². The Hall–Kier alpha value is -1.59. The van der Waals surface area contributed by atoms with Crippen LogP contribution in [0.25, 0.3) is 0 Å². The van der Waals surface area contributed by atoms with E-state index < -0.39 is 6.10 Å². The Labute approximate surface area is 137 Å². The summed E-state index contributed by atoms with van der Waals surface area (Å²) in [5.41, 5.74) is 1.99. The topological polar surface area (TPSA) is 61.8 Å². The van der Waals surface area contributed by atoms with Crippen molar-refractivity contribution in [3.05, 3.63) is 29.8 Å². The highest BCUT2D eigenvalue weighted by Crippen LogP contribution is 2.25. The molecule has 1 aliphatic carbocycles. The molecule has 2 aliphatic rings. The Balaban J connectivity index is 1.50. The smallest absolute Gasteiger partial charge is 0.223 e. The van der Waals surface area contributed by atoms with Gasteiger partial charge in [0, 0.05) is 31.2 Å². The molecule has 1 heterocycles. The van der Waals surface area contributed by atoms with Gasteiger partial charge in [-0.15, -0.1) is 0 Å². The van der Waals surface area contributed by atoms with Gasteiger partial charge in [0.05, 0.1) is 19.3 Å². The molecule has 1 saturated heterocycles. The predicted octanol–water partition coefficient (Wildman–Crippen LogP) is 1.86. The summed E-state index contributed by atoms with van der Waals surface area (Å²) in [5.74, 6) is 0.234. The predicted molar refractivity (Wildman–Crippen MR) is 89.4 cm³/mol. The Bertz CT molecular complexity index is 506. The number of aliphatic hydroxyl groups is 1. The minimum Gasteiger partial charge on any atom is -0.387 e. The van der Waals surface area contributed by atoms with Crippen molar-refractivity contribution in [1.29, 1.82) is 0 Å². The monoisotopic (exact) mass is 318 g/mol. The molecule has 0 aromatic heterocycles. The molecule has 23 heavy (non-hydrogen) atoms. The van der Waals surface area contributed by atoms with Gasteiger partial charge in [-0.2, -0.15) is 0 Å². The summed E-state index contributed by atoms with van der Waals surface area (Å²) in [6.45, 7) is 3.61. The SMILES string of the molecule is O=C(NCC(O)c1ccc(N2CCOCC2)cc1)C1CCCC1. The lowest BCUT2D eigenvalue weighted by Gasteiger charge is -2.29. The number of hydrogen-bond donors (Lipinski definition) is 2. The molecule has 0 bridgehead atoms. The van der Waals surface area contributed by atoms with Crippen molar-refractivity contribution < 1.29 is 14.6 Å². The maximum absolute atomic E-state index is 12.0. The van der Waals surface area contributed by atoms with Crippen LogP contribution in [0.2, 0.25) is 0 Å². The zero-order valence-corrected chi connectivity index (χ0v) is 13.5. The van der Waals surface area contributed by atoms with Gasteiger partial charge in [0.25, 0.3) is 0 Å². The third kappa shape index (κ3) is 4.24. The summed E-state index contributed by atoms with van der Waals surface area (Å²) in [4.78, 5) is 14.3. The standard InChI is InChI=1S/C18H26N2O3/c21-17(13-19-18(22)15-3-1-2-4-15)14-5-7-16(8-6-14)20-9-11-23-12-10-20/h5-8,15,17,21H,1-4,9-13H2,(H,19,22). The van der Waals surface area contributed by atoms with Crippen molar-refractivity contribution in [3.63, 3.8) is 0 Å². The lowest BCUT2D eigenvalue weighted by Crippen LogP contribution is -2.36. The molecule has 2 fully saturated rings. The number of aliphatic hydroxyl groups excluding tert-OH is 1. The molecule has 5 nitrogen and oxygen atoms in total. The average molecular weight is 318 g/mol. The number of amides is 1. The summed E-state index contributed by atoms with van der Waals surface area (Å²) >= 11 is 0. The van der Waals surface area contributed by atoms with Crippen molar-refractivity contribution in [2.24, 2.45) is 5.92 Å². The zero-order chi connectivity index (χ0) is 16.1. The molecule has 126 valence electrons. The first-order valence-electron chi connectivity index (χ1n) is 8.62. The van der Waals surface area contributed by atoms with Gasteiger partial charge in [0.15, 0.2) is 0 Å². The highest BCUT2D eigenvalue weighted by atomic mass is 16.5. The number of carbonyl (C=O) groups is 1. The zero-order valence-electron chi connectivity index (χ0n) is 13.5. The lowest BCUT2D eigenvalue weighted by atomic mass is 10.1. The van der Waals surface area contributed by atoms with Gasteiger partial charge in [-0.1, -0.05) is 25.0 Å². The summed E-state index contributed by atoms with van der Waals surface area (Å²) in [7, 11) is 0. The fourth-order valence-corrected chi connectivity index (χ4v) is 3.38. The number of nitrogens with zero attached hydrogens (tertiary/aromatic N) is 1. The van der Waals surface area contributed by atoms with Gasteiger partial charge in [-0.3, -0.25) is 4.79 Å². The van der Waals surface area contributed by atoms with E-state index in [1.54, 1.807) is 0 Å². The van der Waals surface area contributed by atoms with E-state index in [-0.39, 0.29) is 18.4 Å². The van der Waals surface area contributed by atoms with Crippen molar-refractivity contribution in [1.82, 2.24) is 5.32 Å². The molecule has 1 unspecified atom stereocenters. The molecule has 0 spiro atoms. The molecule has 1 saturated carbocycles. The normalized spacial score (nSPS) is 20.5. The van der Waals surface area contributed by atoms with Crippen molar-refractivity contribution in [2.45, 2.75) is 31.8 Å². The van der Waals surface area contributed by atoms with E-state index >= 15 is 0 Å². The van der Waals surface area contributed by atoms with Gasteiger partial charge < -0.3 is 20.1 Å². The second-order valence-electron chi connectivity index (χ2n) is 6.43. The molecular weight excluding hydrogens is 292 g/mol. The minimum atomic E-state index is -0.654. The molecule has 5 heteroatoms. The Morgan fingerprint density at radius 3 is 2.52 bits per heavy atom. The van der Waals surface area contributed by atoms with Crippen LogP contribution in [0.4, 0.5) is 5.69 Å². The molecule has 1 aromatic rings. The van der Waals surface area contributed by atoms with E-state index in [0.717, 1.165) is 63.2 Å². The largest absolute Gasteiger partial charge is 0.387 e. The van der Waals surface area contributed by atoms with Crippen LogP contribution >= 0.6 is 0 Å². The number of benzene rings is 1. The maximum atomic E-state index is 12.0. The molecule has 3 rings (SSSR count). The Morgan fingerprint density at radius 1 is 1.22 bits per heavy atom. The Morgan fingerprint density at radius 2 is 1.87 bits per heavy atom. The Kier molecular flexibility index (Phi) is 5.51. The van der Waals surface area contributed by atoms with E-state index in [4.69, 9.17) is 4.74 Å². The second kappa shape index (κ2) is 7.79. The lowest BCUT2D eigenvalue weighted by molar-refractivity contribution is -0.125. The number of morpholine rings is 1. The number of anilines is 1. The van der Waals surface area contributed by atoms with Crippen LogP contribution in [0.3, 0.4) is 0 Å². The van der Waals surface area contributed by atoms with Gasteiger partial charge in [0.1, 0.15) is 0 Å². The maximum Gasteiger partial charge on any atom is 0.223 e. The first kappa shape index (κ1) is 16.3. The average Bonchev–Trinajstić information content (AvgIpc) is 3.15. The van der Waals surface area contributed by atoms with Crippen LogP contribution in [0, 0.1) is 5.92 Å². The molecular formula is C18H26N2O3. The third-order valence-electron chi connectivity index (χ3n) is 4.85. The quantitative estimate of drug-likeness (QED) is 0.870. The van der Waals surface area contributed by atoms with Gasteiger partial charge >= 0.3 is 0 Å². The number of hydrogen-bond acceptors (Lipinski definition) is 4.